The molecule has 152 valence electrons. The van der Waals surface area contributed by atoms with Crippen LogP contribution in [0, 0.1) is 0 Å². The van der Waals surface area contributed by atoms with Crippen LogP contribution < -0.4 is 0 Å². The van der Waals surface area contributed by atoms with Gasteiger partial charge in [-0.3, -0.25) is 9.59 Å². The van der Waals surface area contributed by atoms with Crippen LogP contribution in [0.4, 0.5) is 0 Å². The SMILES string of the molecule is CCCN(C)C(=O)c1ccc(C2CC(=O)C(/C(CC)=N\OCC)=C(O)C2)cc1. The average molecular weight is 386 g/mol. The Hall–Kier alpha value is -2.63. The van der Waals surface area contributed by atoms with Gasteiger partial charge in [0.15, 0.2) is 5.78 Å². The second-order valence-electron chi connectivity index (χ2n) is 7.01. The molecular weight excluding hydrogens is 356 g/mol. The normalized spacial score (nSPS) is 17.6. The summed E-state index contributed by atoms with van der Waals surface area (Å²) in [5, 5.41) is 14.5. The molecule has 1 aliphatic rings. The van der Waals surface area contributed by atoms with Crippen molar-refractivity contribution in [2.75, 3.05) is 20.2 Å². The van der Waals surface area contributed by atoms with Gasteiger partial charge in [-0.05, 0) is 43.4 Å². The topological polar surface area (TPSA) is 79.2 Å². The Bertz CT molecular complexity index is 765. The molecule has 1 atom stereocenters. The van der Waals surface area contributed by atoms with E-state index in [9.17, 15) is 14.7 Å². The summed E-state index contributed by atoms with van der Waals surface area (Å²) in [5.74, 6) is -0.196. The summed E-state index contributed by atoms with van der Waals surface area (Å²) in [6, 6.07) is 7.33. The predicted octanol–water partition coefficient (Wildman–Crippen LogP) is 4.23. The van der Waals surface area contributed by atoms with E-state index >= 15 is 0 Å². The Kier molecular flexibility index (Phi) is 7.79. The van der Waals surface area contributed by atoms with E-state index in [0.717, 1.165) is 12.0 Å². The fraction of sp³-hybridized carbons (Fsp3) is 0.500. The fourth-order valence-corrected chi connectivity index (χ4v) is 3.44. The third-order valence-corrected chi connectivity index (χ3v) is 4.90. The first kappa shape index (κ1) is 21.7. The van der Waals surface area contributed by atoms with Crippen molar-refractivity contribution in [1.82, 2.24) is 4.90 Å². The number of carbonyl (C=O) groups is 2. The van der Waals surface area contributed by atoms with Crippen LogP contribution >= 0.6 is 0 Å². The van der Waals surface area contributed by atoms with Crippen molar-refractivity contribution in [1.29, 1.82) is 0 Å². The molecule has 0 saturated carbocycles. The molecule has 0 bridgehead atoms. The molecule has 6 heteroatoms. The summed E-state index contributed by atoms with van der Waals surface area (Å²) in [6.07, 6.45) is 2.09. The molecule has 1 aliphatic carbocycles. The second-order valence-corrected chi connectivity index (χ2v) is 7.01. The lowest BCUT2D eigenvalue weighted by molar-refractivity contribution is -0.116. The number of carbonyl (C=O) groups excluding carboxylic acids is 2. The Morgan fingerprint density at radius 3 is 2.43 bits per heavy atom. The largest absolute Gasteiger partial charge is 0.511 e. The molecule has 1 unspecified atom stereocenters. The molecule has 1 amide bonds. The molecule has 0 aliphatic heterocycles. The minimum Gasteiger partial charge on any atom is -0.511 e. The molecule has 0 radical (unpaired) electrons. The number of benzene rings is 1. The maximum absolute atomic E-state index is 12.7. The molecule has 0 fully saturated rings. The molecule has 2 rings (SSSR count). The average Bonchev–Trinajstić information content (AvgIpc) is 2.69. The van der Waals surface area contributed by atoms with Crippen LogP contribution in [-0.4, -0.2) is 47.6 Å². The van der Waals surface area contributed by atoms with Gasteiger partial charge in [-0.1, -0.05) is 31.1 Å². The van der Waals surface area contributed by atoms with Gasteiger partial charge in [-0.2, -0.15) is 0 Å². The van der Waals surface area contributed by atoms with Gasteiger partial charge < -0.3 is 14.8 Å². The first-order chi connectivity index (χ1) is 13.4. The Balaban J connectivity index is 2.18. The van der Waals surface area contributed by atoms with Crippen LogP contribution in [0.15, 0.2) is 40.8 Å². The van der Waals surface area contributed by atoms with Crippen LogP contribution in [0.2, 0.25) is 0 Å². The quantitative estimate of drug-likeness (QED) is 0.536. The maximum Gasteiger partial charge on any atom is 0.253 e. The van der Waals surface area contributed by atoms with Gasteiger partial charge in [0.25, 0.3) is 5.91 Å². The lowest BCUT2D eigenvalue weighted by atomic mass is 9.81. The number of ketones is 1. The number of aliphatic hydroxyl groups excluding tert-OH is 1. The van der Waals surface area contributed by atoms with Crippen LogP contribution in [-0.2, 0) is 9.63 Å². The highest BCUT2D eigenvalue weighted by Crippen LogP contribution is 2.34. The number of Topliss-reactive ketones (excluding diaryl/α,β-unsaturated/α-hetero) is 1. The van der Waals surface area contributed by atoms with Crippen LogP contribution in [0.25, 0.3) is 0 Å². The minimum absolute atomic E-state index is 0.0159. The van der Waals surface area contributed by atoms with E-state index in [1.807, 2.05) is 32.9 Å². The first-order valence-electron chi connectivity index (χ1n) is 9.92. The summed E-state index contributed by atoms with van der Waals surface area (Å²) >= 11 is 0. The Labute approximate surface area is 166 Å². The number of oxime groups is 1. The van der Waals surface area contributed by atoms with Gasteiger partial charge in [0.05, 0.1) is 11.3 Å². The lowest BCUT2D eigenvalue weighted by Gasteiger charge is -2.24. The van der Waals surface area contributed by atoms with Gasteiger partial charge in [-0.25, -0.2) is 0 Å². The summed E-state index contributed by atoms with van der Waals surface area (Å²) in [5.41, 5.74) is 2.34. The summed E-state index contributed by atoms with van der Waals surface area (Å²) in [7, 11) is 1.79. The molecule has 6 nitrogen and oxygen atoms in total. The number of hydrogen-bond acceptors (Lipinski definition) is 5. The van der Waals surface area contributed by atoms with Crippen molar-refractivity contribution >= 4 is 17.4 Å². The van der Waals surface area contributed by atoms with E-state index in [-0.39, 0.29) is 23.4 Å². The van der Waals surface area contributed by atoms with Crippen molar-refractivity contribution in [3.8, 4) is 0 Å². The third-order valence-electron chi connectivity index (χ3n) is 4.90. The molecule has 0 saturated heterocycles. The highest BCUT2D eigenvalue weighted by molar-refractivity contribution is 6.23. The van der Waals surface area contributed by atoms with E-state index in [2.05, 4.69) is 5.16 Å². The molecule has 1 N–H and O–H groups in total. The van der Waals surface area contributed by atoms with E-state index in [0.29, 0.717) is 49.3 Å². The number of aliphatic hydroxyl groups is 1. The number of amides is 1. The third kappa shape index (κ3) is 5.00. The molecular formula is C22H30N2O4. The van der Waals surface area contributed by atoms with Gasteiger partial charge in [0.2, 0.25) is 0 Å². The molecule has 1 aromatic rings. The zero-order valence-corrected chi connectivity index (χ0v) is 17.2. The van der Waals surface area contributed by atoms with Gasteiger partial charge in [-0.15, -0.1) is 0 Å². The van der Waals surface area contributed by atoms with Crippen LogP contribution in [0.5, 0.6) is 0 Å². The van der Waals surface area contributed by atoms with E-state index in [1.165, 1.54) is 0 Å². The molecule has 0 aromatic heterocycles. The van der Waals surface area contributed by atoms with Crippen molar-refractivity contribution in [2.24, 2.45) is 5.16 Å². The van der Waals surface area contributed by atoms with Crippen molar-refractivity contribution in [3.05, 3.63) is 46.7 Å². The summed E-state index contributed by atoms with van der Waals surface area (Å²) < 4.78 is 0. The highest BCUT2D eigenvalue weighted by Gasteiger charge is 2.31. The molecule has 0 heterocycles. The molecule has 28 heavy (non-hydrogen) atoms. The van der Waals surface area contributed by atoms with Gasteiger partial charge in [0, 0.05) is 32.0 Å². The summed E-state index contributed by atoms with van der Waals surface area (Å²) in [4.78, 5) is 31.8. The second kappa shape index (κ2) is 10.1. The van der Waals surface area contributed by atoms with Gasteiger partial charge in [0.1, 0.15) is 12.4 Å². The fourth-order valence-electron chi connectivity index (χ4n) is 3.44. The van der Waals surface area contributed by atoms with Crippen molar-refractivity contribution < 1.29 is 19.5 Å². The highest BCUT2D eigenvalue weighted by atomic mass is 16.6. The number of nitrogens with zero attached hydrogens (tertiary/aromatic N) is 2. The van der Waals surface area contributed by atoms with Crippen LogP contribution in [0.1, 0.15) is 68.3 Å². The number of hydrogen-bond donors (Lipinski definition) is 1. The standard InChI is InChI=1S/C22H30N2O4/c1-5-12-24(4)22(27)16-10-8-15(9-11-16)17-13-19(25)21(20(26)14-17)18(6-2)23-28-7-3/h8-11,17,25H,5-7,12-14H2,1-4H3/b23-18-. The Morgan fingerprint density at radius 1 is 1.21 bits per heavy atom. The monoisotopic (exact) mass is 386 g/mol. The van der Waals surface area contributed by atoms with E-state index in [4.69, 9.17) is 4.84 Å². The van der Waals surface area contributed by atoms with Gasteiger partial charge >= 0.3 is 0 Å². The first-order valence-corrected chi connectivity index (χ1v) is 9.92. The molecule has 0 spiro atoms. The number of rotatable bonds is 8. The number of allylic oxidation sites excluding steroid dienone is 2. The Morgan fingerprint density at radius 2 is 1.89 bits per heavy atom. The lowest BCUT2D eigenvalue weighted by Crippen LogP contribution is -2.27. The maximum atomic E-state index is 12.7. The molecule has 1 aromatic carbocycles. The van der Waals surface area contributed by atoms with Crippen molar-refractivity contribution in [2.45, 2.75) is 52.4 Å². The van der Waals surface area contributed by atoms with Crippen molar-refractivity contribution in [3.63, 3.8) is 0 Å². The zero-order valence-electron chi connectivity index (χ0n) is 17.2. The van der Waals surface area contributed by atoms with E-state index in [1.54, 1.807) is 24.1 Å². The summed E-state index contributed by atoms with van der Waals surface area (Å²) in [6.45, 7) is 6.85. The predicted molar refractivity (Wildman–Crippen MR) is 110 cm³/mol. The smallest absolute Gasteiger partial charge is 0.253 e. The minimum atomic E-state index is -0.128. The van der Waals surface area contributed by atoms with E-state index < -0.39 is 0 Å². The zero-order chi connectivity index (χ0) is 20.7. The van der Waals surface area contributed by atoms with Crippen LogP contribution in [0.3, 0.4) is 0 Å².